The van der Waals surface area contributed by atoms with Gasteiger partial charge < -0.3 is 15.4 Å². The first kappa shape index (κ1) is 30.0. The summed E-state index contributed by atoms with van der Waals surface area (Å²) >= 11 is 37.3. The minimum absolute atomic E-state index is 0.00686. The summed E-state index contributed by atoms with van der Waals surface area (Å²) in [5, 5.41) is 16.6. The van der Waals surface area contributed by atoms with E-state index in [0.717, 1.165) is 12.1 Å². The number of hydrogen-bond acceptors (Lipinski definition) is 5. The summed E-state index contributed by atoms with van der Waals surface area (Å²) in [5.41, 5.74) is 0.805. The number of hydrogen-bond donors (Lipinski definition) is 3. The number of hydroxylamine groups is 1. The molecule has 0 bridgehead atoms. The molecule has 1 saturated carbocycles. The number of nitrogens with zero attached hydrogens (tertiary/aromatic N) is 1. The zero-order valence-electron chi connectivity index (χ0n) is 19.7. The van der Waals surface area contributed by atoms with Gasteiger partial charge in [-0.25, -0.2) is 9.45 Å². The molecule has 0 saturated heterocycles. The van der Waals surface area contributed by atoms with E-state index in [0.29, 0.717) is 10.6 Å². The van der Waals surface area contributed by atoms with E-state index in [9.17, 15) is 19.2 Å². The van der Waals surface area contributed by atoms with E-state index < -0.39 is 33.8 Å². The third-order valence-corrected chi connectivity index (χ3v) is 8.38. The molecule has 4 rings (SSSR count). The van der Waals surface area contributed by atoms with Crippen LogP contribution in [-0.2, 0) is 9.53 Å². The van der Waals surface area contributed by atoms with Crippen molar-refractivity contribution in [2.24, 2.45) is 5.92 Å². The molecule has 1 fully saturated rings. The molecule has 39 heavy (non-hydrogen) atoms. The van der Waals surface area contributed by atoms with Gasteiger partial charge in [-0.05, 0) is 48.0 Å². The zero-order valence-corrected chi connectivity index (χ0v) is 24.3. The van der Waals surface area contributed by atoms with Crippen LogP contribution in [0.25, 0.3) is 0 Å². The highest BCUT2D eigenvalue weighted by Crippen LogP contribution is 2.65. The predicted molar refractivity (Wildman–Crippen MR) is 153 cm³/mol. The number of carbonyl (C=O) groups excluding carboxylic acids is 2. The average Bonchev–Trinajstić information content (AvgIpc) is 3.46. The van der Waals surface area contributed by atoms with Crippen molar-refractivity contribution in [3.63, 3.8) is 0 Å². The number of amides is 2. The van der Waals surface area contributed by atoms with E-state index in [4.69, 9.17) is 74.3 Å². The van der Waals surface area contributed by atoms with Crippen LogP contribution in [0.1, 0.15) is 21.8 Å². The fourth-order valence-corrected chi connectivity index (χ4v) is 5.67. The highest BCUT2D eigenvalue weighted by Gasteiger charge is 2.67. The summed E-state index contributed by atoms with van der Waals surface area (Å²) in [6.07, 6.45) is 0. The second-order valence-corrected chi connectivity index (χ2v) is 11.6. The van der Waals surface area contributed by atoms with E-state index >= 15 is 0 Å². The maximum Gasteiger partial charge on any atom is 0.257 e. The van der Waals surface area contributed by atoms with Gasteiger partial charge in [0, 0.05) is 24.8 Å². The molecule has 3 aromatic rings. The van der Waals surface area contributed by atoms with E-state index in [1.807, 2.05) is 0 Å². The molecule has 206 valence electrons. The molecular formula is C25H18Cl6FN3O4. The van der Waals surface area contributed by atoms with Crippen molar-refractivity contribution in [1.82, 2.24) is 0 Å². The van der Waals surface area contributed by atoms with E-state index in [1.54, 1.807) is 12.1 Å². The molecule has 3 N–H and O–H groups in total. The summed E-state index contributed by atoms with van der Waals surface area (Å²) < 4.78 is 17.2. The van der Waals surface area contributed by atoms with Crippen molar-refractivity contribution in [1.29, 1.82) is 0 Å². The predicted octanol–water partition coefficient (Wildman–Crippen LogP) is 8.02. The minimum atomic E-state index is -1.44. The normalized spacial score (nSPS) is 17.5. The first-order valence-electron chi connectivity index (χ1n) is 11.0. The molecule has 0 unspecified atom stereocenters. The van der Waals surface area contributed by atoms with Crippen LogP contribution in [0.3, 0.4) is 0 Å². The van der Waals surface area contributed by atoms with Crippen molar-refractivity contribution in [3.05, 3.63) is 85.6 Å². The van der Waals surface area contributed by atoms with Crippen molar-refractivity contribution in [2.45, 2.75) is 10.3 Å². The molecule has 1 aliphatic carbocycles. The molecule has 0 spiro atoms. The highest BCUT2D eigenvalue weighted by molar-refractivity contribution is 6.54. The number of methoxy groups -OCH3 is 1. The van der Waals surface area contributed by atoms with Gasteiger partial charge in [0.15, 0.2) is 0 Å². The molecule has 0 aromatic heterocycles. The maximum absolute atomic E-state index is 13.8. The van der Waals surface area contributed by atoms with Crippen LogP contribution < -0.4 is 15.7 Å². The Bertz CT molecular complexity index is 1430. The van der Waals surface area contributed by atoms with Crippen molar-refractivity contribution in [3.8, 4) is 0 Å². The maximum atomic E-state index is 13.8. The number of anilines is 3. The van der Waals surface area contributed by atoms with Crippen molar-refractivity contribution >= 4 is 98.5 Å². The molecule has 0 radical (unpaired) electrons. The minimum Gasteiger partial charge on any atom is -0.362 e. The number of rotatable bonds is 8. The number of ether oxygens (including phenoxy) is 1. The third-order valence-electron chi connectivity index (χ3n) is 5.92. The largest absolute Gasteiger partial charge is 0.362 e. The first-order valence-corrected chi connectivity index (χ1v) is 13.3. The molecule has 2 atom stereocenters. The van der Waals surface area contributed by atoms with E-state index in [2.05, 4.69) is 10.6 Å². The van der Waals surface area contributed by atoms with Gasteiger partial charge in [-0.15, -0.1) is 23.2 Å². The molecule has 3 aromatic carbocycles. The first-order chi connectivity index (χ1) is 18.3. The van der Waals surface area contributed by atoms with Gasteiger partial charge in [0.25, 0.3) is 5.91 Å². The topological polar surface area (TPSA) is 90.9 Å². The summed E-state index contributed by atoms with van der Waals surface area (Å²) in [4.78, 5) is 26.2. The number of benzene rings is 3. The lowest BCUT2D eigenvalue weighted by Crippen LogP contribution is -2.23. The van der Waals surface area contributed by atoms with Gasteiger partial charge in [0.05, 0.1) is 42.9 Å². The summed E-state index contributed by atoms with van der Waals surface area (Å²) in [6.45, 7) is -0.284. The zero-order chi connectivity index (χ0) is 28.6. The van der Waals surface area contributed by atoms with Crippen LogP contribution in [-0.4, -0.2) is 35.2 Å². The quantitative estimate of drug-likeness (QED) is 0.0990. The molecule has 14 heteroatoms. The third kappa shape index (κ3) is 6.34. The standard InChI is InChI=1S/C25H18Cl6FN3O4/c1-39-10-35(38)19-8-12(32)2-5-18(19)34-23(36)14-9-13(3-4-15(14)26)33-24(37)21-20(25(21,30)31)11-6-16(27)22(29)17(28)7-11/h2-9,20-21,38H,10H2,1H3,(H,33,37)(H,34,36)/t20-,21+/m0/s1. The summed E-state index contributed by atoms with van der Waals surface area (Å²) in [5.74, 6) is -3.32. The van der Waals surface area contributed by atoms with Gasteiger partial charge >= 0.3 is 0 Å². The molecule has 2 amide bonds. The Labute approximate surface area is 252 Å². The summed E-state index contributed by atoms with van der Waals surface area (Å²) in [6, 6.07) is 10.7. The Morgan fingerprint density at radius 1 is 1.00 bits per heavy atom. The van der Waals surface area contributed by atoms with Crippen LogP contribution >= 0.6 is 69.6 Å². The van der Waals surface area contributed by atoms with Gasteiger partial charge in [-0.1, -0.05) is 46.4 Å². The van der Waals surface area contributed by atoms with Crippen molar-refractivity contribution < 1.29 is 23.9 Å². The lowest BCUT2D eigenvalue weighted by Gasteiger charge is -2.20. The van der Waals surface area contributed by atoms with Crippen LogP contribution in [0.5, 0.6) is 0 Å². The molecule has 0 heterocycles. The van der Waals surface area contributed by atoms with Gasteiger partial charge in [-0.3, -0.25) is 14.8 Å². The Morgan fingerprint density at radius 2 is 1.67 bits per heavy atom. The van der Waals surface area contributed by atoms with Crippen LogP contribution in [0.4, 0.5) is 21.5 Å². The second kappa shape index (κ2) is 11.8. The lowest BCUT2D eigenvalue weighted by molar-refractivity contribution is -0.117. The number of nitrogens with one attached hydrogen (secondary N) is 2. The molecular weight excluding hydrogens is 638 g/mol. The SMILES string of the molecule is COCN(O)c1cc(F)ccc1NC(=O)c1cc(NC(=O)[C@H]2[C@H](c3cc(Cl)c(Cl)c(Cl)c3)C2(Cl)Cl)ccc1Cl. The molecule has 7 nitrogen and oxygen atoms in total. The van der Waals surface area contributed by atoms with E-state index in [1.165, 1.54) is 31.4 Å². The lowest BCUT2D eigenvalue weighted by atomic mass is 10.1. The smallest absolute Gasteiger partial charge is 0.257 e. The number of alkyl halides is 2. The van der Waals surface area contributed by atoms with Crippen LogP contribution in [0.2, 0.25) is 20.1 Å². The van der Waals surface area contributed by atoms with Crippen LogP contribution in [0, 0.1) is 11.7 Å². The molecule has 1 aliphatic rings. The van der Waals surface area contributed by atoms with Crippen molar-refractivity contribution in [2.75, 3.05) is 29.5 Å². The number of halogens is 7. The monoisotopic (exact) mass is 653 g/mol. The van der Waals surface area contributed by atoms with Gasteiger partial charge in [0.1, 0.15) is 16.9 Å². The Hall–Kier alpha value is -2.01. The number of carbonyl (C=O) groups is 2. The fourth-order valence-electron chi connectivity index (χ4n) is 4.02. The second-order valence-electron chi connectivity index (χ2n) is 8.55. The Morgan fingerprint density at radius 3 is 2.31 bits per heavy atom. The van der Waals surface area contributed by atoms with Gasteiger partial charge in [0.2, 0.25) is 5.91 Å². The fraction of sp³-hybridized carbons (Fsp3) is 0.200. The van der Waals surface area contributed by atoms with Gasteiger partial charge in [-0.2, -0.15) is 0 Å². The summed E-state index contributed by atoms with van der Waals surface area (Å²) in [7, 11) is 1.34. The molecule has 0 aliphatic heterocycles. The average molecular weight is 656 g/mol. The van der Waals surface area contributed by atoms with Crippen LogP contribution in [0.15, 0.2) is 48.5 Å². The van der Waals surface area contributed by atoms with E-state index in [-0.39, 0.29) is 49.4 Å². The Kier molecular flexibility index (Phi) is 9.10. The Balaban J connectivity index is 1.53. The highest BCUT2D eigenvalue weighted by atomic mass is 35.5.